The summed E-state index contributed by atoms with van der Waals surface area (Å²) in [5, 5.41) is 9.05. The highest BCUT2D eigenvalue weighted by atomic mass is 16.4. The lowest BCUT2D eigenvalue weighted by Gasteiger charge is -2.31. The van der Waals surface area contributed by atoms with E-state index in [4.69, 9.17) is 9.52 Å². The summed E-state index contributed by atoms with van der Waals surface area (Å²) in [4.78, 5) is 13.4. The summed E-state index contributed by atoms with van der Waals surface area (Å²) in [6.45, 7) is 12.2. The van der Waals surface area contributed by atoms with Crippen LogP contribution in [0.2, 0.25) is 0 Å². The van der Waals surface area contributed by atoms with Gasteiger partial charge >= 0.3 is 5.97 Å². The van der Waals surface area contributed by atoms with E-state index in [0.29, 0.717) is 24.1 Å². The molecule has 0 aliphatic carbocycles. The number of carboxylic acids is 1. The van der Waals surface area contributed by atoms with Gasteiger partial charge in [-0.05, 0) is 31.7 Å². The Kier molecular flexibility index (Phi) is 6.27. The molecule has 0 radical (unpaired) electrons. The molecule has 4 nitrogen and oxygen atoms in total. The smallest absolute Gasteiger partial charge is 0.372 e. The van der Waals surface area contributed by atoms with Crippen LogP contribution in [0.15, 0.2) is 10.5 Å². The van der Waals surface area contributed by atoms with E-state index in [0.717, 1.165) is 25.1 Å². The maximum atomic E-state index is 11.0. The third-order valence-electron chi connectivity index (χ3n) is 3.58. The Hall–Kier alpha value is -1.29. The van der Waals surface area contributed by atoms with Crippen molar-refractivity contribution in [2.24, 2.45) is 5.92 Å². The van der Waals surface area contributed by atoms with Crippen molar-refractivity contribution in [3.05, 3.63) is 23.2 Å². The summed E-state index contributed by atoms with van der Waals surface area (Å²) in [5.41, 5.74) is 0.696. The minimum absolute atomic E-state index is 0.0639. The molecule has 4 heteroatoms. The molecule has 1 rings (SSSR count). The lowest BCUT2D eigenvalue weighted by molar-refractivity contribution is 0.0654. The van der Waals surface area contributed by atoms with E-state index < -0.39 is 5.97 Å². The fourth-order valence-corrected chi connectivity index (χ4v) is 2.66. The molecule has 0 unspecified atom stereocenters. The Bertz CT molecular complexity index is 433. The van der Waals surface area contributed by atoms with Gasteiger partial charge in [0, 0.05) is 18.2 Å². The van der Waals surface area contributed by atoms with Gasteiger partial charge < -0.3 is 9.52 Å². The maximum Gasteiger partial charge on any atom is 0.372 e. The van der Waals surface area contributed by atoms with Gasteiger partial charge in [-0.25, -0.2) is 4.79 Å². The summed E-state index contributed by atoms with van der Waals surface area (Å²) >= 11 is 0. The molecule has 0 saturated heterocycles. The molecule has 0 aromatic carbocycles. The van der Waals surface area contributed by atoms with Crippen LogP contribution in [0.5, 0.6) is 0 Å². The molecule has 0 aliphatic rings. The van der Waals surface area contributed by atoms with Crippen LogP contribution in [0.3, 0.4) is 0 Å². The van der Waals surface area contributed by atoms with E-state index in [2.05, 4.69) is 32.6 Å². The molecule has 0 spiro atoms. The molecular formula is C16H27NO3. The zero-order valence-corrected chi connectivity index (χ0v) is 13.3. The van der Waals surface area contributed by atoms with Crippen LogP contribution in [0.4, 0.5) is 0 Å². The minimum atomic E-state index is -0.994. The second-order valence-electron chi connectivity index (χ2n) is 5.82. The van der Waals surface area contributed by atoms with Gasteiger partial charge in [-0.3, -0.25) is 4.90 Å². The number of carbonyl (C=O) groups is 1. The molecule has 20 heavy (non-hydrogen) atoms. The Labute approximate surface area is 121 Å². The fourth-order valence-electron chi connectivity index (χ4n) is 2.66. The van der Waals surface area contributed by atoms with Crippen LogP contribution in [-0.2, 0) is 6.54 Å². The topological polar surface area (TPSA) is 53.7 Å². The molecule has 114 valence electrons. The number of hydrogen-bond acceptors (Lipinski definition) is 3. The Morgan fingerprint density at radius 1 is 1.35 bits per heavy atom. The standard InChI is InChI=1S/C16H27NO3/c1-6-13(7-2)17(9-11(3)4)10-14-8-12(5)15(20-14)16(18)19/h8,11,13H,6-7,9-10H2,1-5H3,(H,18,19). The molecule has 1 aromatic rings. The zero-order valence-electron chi connectivity index (χ0n) is 13.3. The van der Waals surface area contributed by atoms with Crippen LogP contribution in [-0.4, -0.2) is 28.6 Å². The van der Waals surface area contributed by atoms with Crippen LogP contribution < -0.4 is 0 Å². The monoisotopic (exact) mass is 281 g/mol. The molecule has 1 N–H and O–H groups in total. The molecule has 0 bridgehead atoms. The minimum Gasteiger partial charge on any atom is -0.475 e. The fraction of sp³-hybridized carbons (Fsp3) is 0.688. The second-order valence-corrected chi connectivity index (χ2v) is 5.82. The first kappa shape index (κ1) is 16.8. The predicted octanol–water partition coefficient (Wildman–Crippen LogP) is 3.93. The van der Waals surface area contributed by atoms with Gasteiger partial charge in [0.2, 0.25) is 5.76 Å². The van der Waals surface area contributed by atoms with Gasteiger partial charge in [0.25, 0.3) is 0 Å². The molecule has 0 atom stereocenters. The van der Waals surface area contributed by atoms with Crippen molar-refractivity contribution in [2.75, 3.05) is 6.54 Å². The van der Waals surface area contributed by atoms with Crippen LogP contribution in [0, 0.1) is 12.8 Å². The van der Waals surface area contributed by atoms with E-state index >= 15 is 0 Å². The maximum absolute atomic E-state index is 11.0. The van der Waals surface area contributed by atoms with Crippen LogP contribution in [0.25, 0.3) is 0 Å². The normalized spacial score (nSPS) is 11.8. The first-order chi connectivity index (χ1) is 9.38. The summed E-state index contributed by atoms with van der Waals surface area (Å²) in [6.07, 6.45) is 2.18. The summed E-state index contributed by atoms with van der Waals surface area (Å²) in [7, 11) is 0. The van der Waals surface area contributed by atoms with Crippen molar-refractivity contribution >= 4 is 5.97 Å². The summed E-state index contributed by atoms with van der Waals surface area (Å²) in [6, 6.07) is 2.36. The van der Waals surface area contributed by atoms with Gasteiger partial charge in [0.05, 0.1) is 6.54 Å². The van der Waals surface area contributed by atoms with Crippen molar-refractivity contribution in [3.8, 4) is 0 Å². The van der Waals surface area contributed by atoms with Gasteiger partial charge in [-0.15, -0.1) is 0 Å². The van der Waals surface area contributed by atoms with Crippen molar-refractivity contribution in [1.29, 1.82) is 0 Å². The van der Waals surface area contributed by atoms with Crippen molar-refractivity contribution in [2.45, 2.75) is 60.0 Å². The number of carboxylic acid groups (broad SMARTS) is 1. The molecule has 1 heterocycles. The number of hydrogen-bond donors (Lipinski definition) is 1. The van der Waals surface area contributed by atoms with Crippen molar-refractivity contribution in [3.63, 3.8) is 0 Å². The third-order valence-corrected chi connectivity index (χ3v) is 3.58. The summed E-state index contributed by atoms with van der Waals surface area (Å²) in [5.74, 6) is 0.388. The highest BCUT2D eigenvalue weighted by molar-refractivity contribution is 5.86. The Balaban J connectivity index is 2.88. The lowest BCUT2D eigenvalue weighted by atomic mass is 10.1. The van der Waals surface area contributed by atoms with E-state index in [-0.39, 0.29) is 5.76 Å². The first-order valence-corrected chi connectivity index (χ1v) is 7.45. The molecule has 0 aliphatic heterocycles. The van der Waals surface area contributed by atoms with Gasteiger partial charge in [0.15, 0.2) is 0 Å². The SMILES string of the molecule is CCC(CC)N(Cc1cc(C)c(C(=O)O)o1)CC(C)C. The Morgan fingerprint density at radius 3 is 2.35 bits per heavy atom. The lowest BCUT2D eigenvalue weighted by Crippen LogP contribution is -2.36. The quantitative estimate of drug-likeness (QED) is 0.784. The number of aromatic carboxylic acids is 1. The second kappa shape index (κ2) is 7.48. The van der Waals surface area contributed by atoms with Gasteiger partial charge in [-0.1, -0.05) is 27.7 Å². The van der Waals surface area contributed by atoms with E-state index in [1.54, 1.807) is 6.92 Å². The van der Waals surface area contributed by atoms with Crippen LogP contribution in [0.1, 0.15) is 62.4 Å². The first-order valence-electron chi connectivity index (χ1n) is 7.45. The molecule has 0 saturated carbocycles. The predicted molar refractivity (Wildman–Crippen MR) is 80.0 cm³/mol. The van der Waals surface area contributed by atoms with Crippen molar-refractivity contribution < 1.29 is 14.3 Å². The molecule has 0 amide bonds. The molecular weight excluding hydrogens is 254 g/mol. The number of rotatable bonds is 8. The highest BCUT2D eigenvalue weighted by Crippen LogP contribution is 2.20. The van der Waals surface area contributed by atoms with E-state index in [9.17, 15) is 4.79 Å². The van der Waals surface area contributed by atoms with Gasteiger partial charge in [-0.2, -0.15) is 0 Å². The average Bonchev–Trinajstić information content (AvgIpc) is 2.71. The van der Waals surface area contributed by atoms with Gasteiger partial charge in [0.1, 0.15) is 5.76 Å². The Morgan fingerprint density at radius 2 is 1.95 bits per heavy atom. The van der Waals surface area contributed by atoms with Crippen LogP contribution >= 0.6 is 0 Å². The largest absolute Gasteiger partial charge is 0.475 e. The third kappa shape index (κ3) is 4.37. The van der Waals surface area contributed by atoms with E-state index in [1.807, 2.05) is 6.07 Å². The van der Waals surface area contributed by atoms with Crippen molar-refractivity contribution in [1.82, 2.24) is 4.90 Å². The number of nitrogens with zero attached hydrogens (tertiary/aromatic N) is 1. The molecule has 0 fully saturated rings. The summed E-state index contributed by atoms with van der Waals surface area (Å²) < 4.78 is 5.49. The molecule has 1 aromatic heterocycles. The zero-order chi connectivity index (χ0) is 15.3. The average molecular weight is 281 g/mol. The van der Waals surface area contributed by atoms with E-state index in [1.165, 1.54) is 0 Å². The highest BCUT2D eigenvalue weighted by Gasteiger charge is 2.20. The number of aryl methyl sites for hydroxylation is 1. The number of furan rings is 1.